The zero-order valence-electron chi connectivity index (χ0n) is 7.83. The summed E-state index contributed by atoms with van der Waals surface area (Å²) >= 11 is 3.35. The van der Waals surface area contributed by atoms with Crippen LogP contribution in [0.25, 0.3) is 0 Å². The Morgan fingerprint density at radius 1 is 1.36 bits per heavy atom. The van der Waals surface area contributed by atoms with Crippen LogP contribution in [-0.2, 0) is 9.84 Å². The number of hydrogen-bond acceptors (Lipinski definition) is 2. The van der Waals surface area contributed by atoms with E-state index in [1.807, 2.05) is 13.0 Å². The highest BCUT2D eigenvalue weighted by Gasteiger charge is 1.96. The average molecular weight is 273 g/mol. The van der Waals surface area contributed by atoms with Crippen LogP contribution >= 0.6 is 15.9 Å². The first-order chi connectivity index (χ1) is 6.38. The molecule has 0 saturated heterocycles. The number of aryl methyl sites for hydroxylation is 1. The SMILES string of the molecule is Cc1ccc(C#CS(C)(=O)=O)cc1Br. The van der Waals surface area contributed by atoms with Crippen LogP contribution in [-0.4, -0.2) is 14.7 Å². The second-order valence-electron chi connectivity index (χ2n) is 2.96. The maximum absolute atomic E-state index is 10.8. The van der Waals surface area contributed by atoms with Crippen molar-refractivity contribution in [3.8, 4) is 11.2 Å². The molecule has 0 saturated carbocycles. The highest BCUT2D eigenvalue weighted by atomic mass is 79.9. The molecule has 0 atom stereocenters. The number of rotatable bonds is 0. The Kier molecular flexibility index (Phi) is 3.35. The van der Waals surface area contributed by atoms with Crippen molar-refractivity contribution in [3.63, 3.8) is 0 Å². The molecule has 0 aliphatic heterocycles. The molecular weight excluding hydrogens is 264 g/mol. The predicted octanol–water partition coefficient (Wildman–Crippen LogP) is 2.11. The summed E-state index contributed by atoms with van der Waals surface area (Å²) in [5.41, 5.74) is 1.78. The van der Waals surface area contributed by atoms with Gasteiger partial charge in [-0.1, -0.05) is 22.0 Å². The monoisotopic (exact) mass is 272 g/mol. The molecule has 74 valence electrons. The minimum Gasteiger partial charge on any atom is -0.216 e. The van der Waals surface area contributed by atoms with Gasteiger partial charge in [0, 0.05) is 15.3 Å². The normalized spacial score (nSPS) is 10.5. The molecule has 0 radical (unpaired) electrons. The molecule has 1 aromatic rings. The van der Waals surface area contributed by atoms with E-state index in [9.17, 15) is 8.42 Å². The van der Waals surface area contributed by atoms with Crippen molar-refractivity contribution in [1.82, 2.24) is 0 Å². The lowest BCUT2D eigenvalue weighted by Crippen LogP contribution is -1.89. The molecule has 0 aliphatic rings. The van der Waals surface area contributed by atoms with Gasteiger partial charge in [-0.3, -0.25) is 0 Å². The molecule has 0 heterocycles. The van der Waals surface area contributed by atoms with Gasteiger partial charge in [0.05, 0.1) is 6.26 Å². The number of halogens is 1. The van der Waals surface area contributed by atoms with E-state index in [0.29, 0.717) is 5.56 Å². The fourth-order valence-electron chi connectivity index (χ4n) is 0.822. The summed E-state index contributed by atoms with van der Waals surface area (Å²) in [7, 11) is -3.22. The van der Waals surface area contributed by atoms with Gasteiger partial charge < -0.3 is 0 Å². The zero-order chi connectivity index (χ0) is 10.8. The highest BCUT2D eigenvalue weighted by molar-refractivity contribution is 9.10. The third-order valence-corrected chi connectivity index (χ3v) is 2.88. The smallest absolute Gasteiger partial charge is 0.214 e. The standard InChI is InChI=1S/C10H9BrO2S/c1-8-3-4-9(7-10(8)11)5-6-14(2,12)13/h3-4,7H,1-2H3. The molecule has 0 aliphatic carbocycles. The summed E-state index contributed by atoms with van der Waals surface area (Å²) in [4.78, 5) is 0. The Hall–Kier alpha value is -0.790. The number of sulfone groups is 1. The maximum atomic E-state index is 10.8. The quantitative estimate of drug-likeness (QED) is 0.678. The molecule has 0 N–H and O–H groups in total. The molecule has 0 spiro atoms. The summed E-state index contributed by atoms with van der Waals surface area (Å²) in [6.07, 6.45) is 1.09. The van der Waals surface area contributed by atoms with E-state index >= 15 is 0 Å². The van der Waals surface area contributed by atoms with E-state index in [1.165, 1.54) is 0 Å². The van der Waals surface area contributed by atoms with Gasteiger partial charge in [-0.2, -0.15) is 0 Å². The van der Waals surface area contributed by atoms with Gasteiger partial charge in [0.1, 0.15) is 0 Å². The molecule has 0 unspecified atom stereocenters. The van der Waals surface area contributed by atoms with Gasteiger partial charge in [0.15, 0.2) is 0 Å². The van der Waals surface area contributed by atoms with Gasteiger partial charge >= 0.3 is 0 Å². The van der Waals surface area contributed by atoms with E-state index in [0.717, 1.165) is 16.3 Å². The molecule has 0 amide bonds. The first-order valence-electron chi connectivity index (χ1n) is 3.87. The van der Waals surface area contributed by atoms with Crippen molar-refractivity contribution in [2.24, 2.45) is 0 Å². The van der Waals surface area contributed by atoms with Gasteiger partial charge in [0.2, 0.25) is 9.84 Å². The number of hydrogen-bond donors (Lipinski definition) is 0. The number of benzene rings is 1. The van der Waals surface area contributed by atoms with Crippen LogP contribution in [0.5, 0.6) is 0 Å². The topological polar surface area (TPSA) is 34.1 Å². The van der Waals surface area contributed by atoms with Crippen molar-refractivity contribution >= 4 is 25.8 Å². The molecule has 1 rings (SSSR count). The Labute approximate surface area is 92.4 Å². The lowest BCUT2D eigenvalue weighted by atomic mass is 10.2. The fraction of sp³-hybridized carbons (Fsp3) is 0.200. The van der Waals surface area contributed by atoms with E-state index in [-0.39, 0.29) is 0 Å². The molecule has 0 fully saturated rings. The third kappa shape index (κ3) is 3.52. The van der Waals surface area contributed by atoms with E-state index < -0.39 is 9.84 Å². The van der Waals surface area contributed by atoms with Crippen molar-refractivity contribution in [3.05, 3.63) is 33.8 Å². The van der Waals surface area contributed by atoms with Crippen molar-refractivity contribution in [1.29, 1.82) is 0 Å². The second kappa shape index (κ2) is 4.16. The molecular formula is C10H9BrO2S. The Bertz CT molecular complexity index is 507. The van der Waals surface area contributed by atoms with Gasteiger partial charge in [-0.25, -0.2) is 8.42 Å². The minimum absolute atomic E-state index is 0.688. The second-order valence-corrected chi connectivity index (χ2v) is 5.57. The summed E-state index contributed by atoms with van der Waals surface area (Å²) in [6, 6.07) is 5.47. The van der Waals surface area contributed by atoms with Crippen LogP contribution in [0.1, 0.15) is 11.1 Å². The molecule has 1 aromatic carbocycles. The summed E-state index contributed by atoms with van der Waals surface area (Å²) in [5, 5.41) is 2.19. The summed E-state index contributed by atoms with van der Waals surface area (Å²) < 4.78 is 22.5. The first kappa shape index (κ1) is 11.3. The molecule has 2 nitrogen and oxygen atoms in total. The zero-order valence-corrected chi connectivity index (χ0v) is 10.2. The average Bonchev–Trinajstić information content (AvgIpc) is 2.06. The minimum atomic E-state index is -3.22. The van der Waals surface area contributed by atoms with E-state index in [2.05, 4.69) is 27.1 Å². The van der Waals surface area contributed by atoms with Crippen molar-refractivity contribution in [2.75, 3.05) is 6.26 Å². The largest absolute Gasteiger partial charge is 0.216 e. The highest BCUT2D eigenvalue weighted by Crippen LogP contribution is 2.16. The van der Waals surface area contributed by atoms with Gasteiger partial charge in [0.25, 0.3) is 0 Å². The lowest BCUT2D eigenvalue weighted by Gasteiger charge is -1.96. The molecule has 14 heavy (non-hydrogen) atoms. The van der Waals surface area contributed by atoms with Crippen LogP contribution in [0.2, 0.25) is 0 Å². The van der Waals surface area contributed by atoms with Crippen LogP contribution < -0.4 is 0 Å². The van der Waals surface area contributed by atoms with Crippen molar-refractivity contribution in [2.45, 2.75) is 6.92 Å². The van der Waals surface area contributed by atoms with Crippen LogP contribution in [0.4, 0.5) is 0 Å². The van der Waals surface area contributed by atoms with Gasteiger partial charge in [-0.15, -0.1) is 0 Å². The Balaban J connectivity index is 3.10. The Morgan fingerprint density at radius 3 is 2.50 bits per heavy atom. The van der Waals surface area contributed by atoms with Gasteiger partial charge in [-0.05, 0) is 30.5 Å². The maximum Gasteiger partial charge on any atom is 0.214 e. The van der Waals surface area contributed by atoms with Crippen LogP contribution in [0.3, 0.4) is 0 Å². The van der Waals surface area contributed by atoms with Crippen LogP contribution in [0.15, 0.2) is 22.7 Å². The predicted molar refractivity (Wildman–Crippen MR) is 60.6 cm³/mol. The van der Waals surface area contributed by atoms with E-state index in [4.69, 9.17) is 0 Å². The molecule has 4 heteroatoms. The summed E-state index contributed by atoms with van der Waals surface area (Å²) in [6.45, 7) is 1.96. The van der Waals surface area contributed by atoms with Crippen molar-refractivity contribution < 1.29 is 8.42 Å². The molecule has 0 aromatic heterocycles. The van der Waals surface area contributed by atoms with E-state index in [1.54, 1.807) is 12.1 Å². The lowest BCUT2D eigenvalue weighted by molar-refractivity contribution is 0.611. The Morgan fingerprint density at radius 2 is 2.00 bits per heavy atom. The molecule has 0 bridgehead atoms. The first-order valence-corrected chi connectivity index (χ1v) is 6.56. The van der Waals surface area contributed by atoms with Crippen LogP contribution in [0, 0.1) is 18.1 Å². The summed E-state index contributed by atoms with van der Waals surface area (Å²) in [5.74, 6) is 2.58. The third-order valence-electron chi connectivity index (χ3n) is 1.55. The fourth-order valence-corrected chi connectivity index (χ4v) is 1.50.